The first-order chi connectivity index (χ1) is 11.7. The SMILES string of the molecule is O=C1NCCN1c1cccc(C(=O)N2CCC[C@@H]3CCCC[C@@H]32)c1. The zero-order valence-corrected chi connectivity index (χ0v) is 14.0. The molecule has 0 spiro atoms. The summed E-state index contributed by atoms with van der Waals surface area (Å²) in [7, 11) is 0. The van der Waals surface area contributed by atoms with Gasteiger partial charge in [-0.25, -0.2) is 4.79 Å². The van der Waals surface area contributed by atoms with Crippen LogP contribution in [0.1, 0.15) is 48.9 Å². The highest BCUT2D eigenvalue weighted by molar-refractivity contribution is 5.98. The molecule has 1 aromatic carbocycles. The highest BCUT2D eigenvalue weighted by Crippen LogP contribution is 2.36. The fourth-order valence-electron chi connectivity index (χ4n) is 4.57. The average Bonchev–Trinajstić information content (AvgIpc) is 3.07. The van der Waals surface area contributed by atoms with E-state index in [0.29, 0.717) is 30.6 Å². The molecule has 4 rings (SSSR count). The molecule has 0 radical (unpaired) electrons. The predicted octanol–water partition coefficient (Wildman–Crippen LogP) is 3.01. The van der Waals surface area contributed by atoms with E-state index in [4.69, 9.17) is 0 Å². The zero-order valence-electron chi connectivity index (χ0n) is 14.0. The van der Waals surface area contributed by atoms with Gasteiger partial charge in [-0.05, 0) is 49.8 Å². The second kappa shape index (κ2) is 6.46. The molecule has 5 heteroatoms. The molecular formula is C19H25N3O2. The minimum absolute atomic E-state index is 0.0788. The van der Waals surface area contributed by atoms with Gasteiger partial charge in [-0.2, -0.15) is 0 Å². The summed E-state index contributed by atoms with van der Waals surface area (Å²) in [6.07, 6.45) is 7.33. The lowest BCUT2D eigenvalue weighted by atomic mass is 9.78. The first-order valence-electron chi connectivity index (χ1n) is 9.20. The summed E-state index contributed by atoms with van der Waals surface area (Å²) in [5.74, 6) is 0.817. The Morgan fingerprint density at radius 2 is 1.92 bits per heavy atom. The molecule has 24 heavy (non-hydrogen) atoms. The van der Waals surface area contributed by atoms with Crippen LogP contribution in [-0.2, 0) is 0 Å². The number of hydrogen-bond donors (Lipinski definition) is 1. The van der Waals surface area contributed by atoms with Crippen molar-refractivity contribution in [1.82, 2.24) is 10.2 Å². The normalized spacial score (nSPS) is 26.9. The van der Waals surface area contributed by atoms with Crippen molar-refractivity contribution in [2.75, 3.05) is 24.5 Å². The molecule has 2 heterocycles. The van der Waals surface area contributed by atoms with Crippen molar-refractivity contribution in [3.63, 3.8) is 0 Å². The fourth-order valence-corrected chi connectivity index (χ4v) is 4.57. The summed E-state index contributed by atoms with van der Waals surface area (Å²) in [5, 5.41) is 2.81. The molecule has 2 atom stereocenters. The number of urea groups is 1. The van der Waals surface area contributed by atoms with Crippen LogP contribution >= 0.6 is 0 Å². The van der Waals surface area contributed by atoms with E-state index >= 15 is 0 Å². The third-order valence-corrected chi connectivity index (χ3v) is 5.77. The van der Waals surface area contributed by atoms with Gasteiger partial charge in [0.25, 0.3) is 5.91 Å². The molecule has 3 amide bonds. The topological polar surface area (TPSA) is 52.7 Å². The van der Waals surface area contributed by atoms with Crippen molar-refractivity contribution in [1.29, 1.82) is 0 Å². The van der Waals surface area contributed by atoms with Crippen LogP contribution in [0.15, 0.2) is 24.3 Å². The highest BCUT2D eigenvalue weighted by Gasteiger charge is 2.36. The Balaban J connectivity index is 1.56. The minimum Gasteiger partial charge on any atom is -0.336 e. The number of nitrogens with zero attached hydrogens (tertiary/aromatic N) is 2. The van der Waals surface area contributed by atoms with E-state index in [1.807, 2.05) is 24.3 Å². The molecule has 3 aliphatic rings. The van der Waals surface area contributed by atoms with Crippen molar-refractivity contribution in [3.05, 3.63) is 29.8 Å². The van der Waals surface area contributed by atoms with Crippen LogP contribution < -0.4 is 10.2 Å². The number of carbonyl (C=O) groups excluding carboxylic acids is 2. The lowest BCUT2D eigenvalue weighted by molar-refractivity contribution is 0.0390. The van der Waals surface area contributed by atoms with Crippen LogP contribution in [0.4, 0.5) is 10.5 Å². The van der Waals surface area contributed by atoms with Gasteiger partial charge in [0.05, 0.1) is 0 Å². The van der Waals surface area contributed by atoms with Crippen molar-refractivity contribution in [2.45, 2.75) is 44.6 Å². The molecule has 5 nitrogen and oxygen atoms in total. The summed E-state index contributed by atoms with van der Waals surface area (Å²) >= 11 is 0. The maximum atomic E-state index is 13.1. The summed E-state index contributed by atoms with van der Waals surface area (Å²) in [6, 6.07) is 7.88. The van der Waals surface area contributed by atoms with Gasteiger partial charge < -0.3 is 10.2 Å². The Morgan fingerprint density at radius 1 is 1.08 bits per heavy atom. The maximum Gasteiger partial charge on any atom is 0.321 e. The summed E-state index contributed by atoms with van der Waals surface area (Å²) in [6.45, 7) is 2.19. The van der Waals surface area contributed by atoms with E-state index in [1.165, 1.54) is 25.7 Å². The van der Waals surface area contributed by atoms with Crippen LogP contribution in [0.5, 0.6) is 0 Å². The minimum atomic E-state index is -0.0788. The zero-order chi connectivity index (χ0) is 16.5. The molecule has 0 bridgehead atoms. The second-order valence-electron chi connectivity index (χ2n) is 7.19. The Bertz CT molecular complexity index is 643. The number of nitrogens with one attached hydrogen (secondary N) is 1. The number of fused-ring (bicyclic) bond motifs is 1. The molecule has 1 saturated carbocycles. The van der Waals surface area contributed by atoms with Crippen LogP contribution in [0.3, 0.4) is 0 Å². The van der Waals surface area contributed by atoms with E-state index < -0.39 is 0 Å². The largest absolute Gasteiger partial charge is 0.336 e. The molecule has 2 aliphatic heterocycles. The van der Waals surface area contributed by atoms with Crippen LogP contribution in [0.25, 0.3) is 0 Å². The number of amides is 3. The van der Waals surface area contributed by atoms with Gasteiger partial charge >= 0.3 is 6.03 Å². The third-order valence-electron chi connectivity index (χ3n) is 5.77. The second-order valence-corrected chi connectivity index (χ2v) is 7.19. The smallest absolute Gasteiger partial charge is 0.321 e. The van der Waals surface area contributed by atoms with Crippen molar-refractivity contribution in [3.8, 4) is 0 Å². The molecule has 128 valence electrons. The van der Waals surface area contributed by atoms with Gasteiger partial charge in [-0.15, -0.1) is 0 Å². The fraction of sp³-hybridized carbons (Fsp3) is 0.579. The molecular weight excluding hydrogens is 302 g/mol. The molecule has 1 aromatic rings. The van der Waals surface area contributed by atoms with Gasteiger partial charge in [-0.3, -0.25) is 9.69 Å². The summed E-state index contributed by atoms with van der Waals surface area (Å²) in [5.41, 5.74) is 1.52. The van der Waals surface area contributed by atoms with Crippen molar-refractivity contribution < 1.29 is 9.59 Å². The van der Waals surface area contributed by atoms with E-state index in [-0.39, 0.29) is 11.9 Å². The maximum absolute atomic E-state index is 13.1. The first kappa shape index (κ1) is 15.5. The molecule has 3 fully saturated rings. The Morgan fingerprint density at radius 3 is 2.75 bits per heavy atom. The van der Waals surface area contributed by atoms with E-state index in [0.717, 1.165) is 25.1 Å². The molecule has 0 aromatic heterocycles. The number of benzene rings is 1. The standard InChI is InChI=1S/C19H25N3O2/c23-18(22-11-4-7-14-5-1-2-9-17(14)22)15-6-3-8-16(13-15)21-12-10-20-19(21)24/h3,6,8,13-14,17H,1-2,4-5,7,9-12H2,(H,20,24)/t14-,17-/m0/s1. The molecule has 0 unspecified atom stereocenters. The number of piperidine rings is 1. The monoisotopic (exact) mass is 327 g/mol. The number of anilines is 1. The molecule has 1 N–H and O–H groups in total. The lowest BCUT2D eigenvalue weighted by Gasteiger charge is -2.44. The van der Waals surface area contributed by atoms with Crippen LogP contribution in [0, 0.1) is 5.92 Å². The van der Waals surface area contributed by atoms with Gasteiger partial charge in [0, 0.05) is 36.9 Å². The molecule has 2 saturated heterocycles. The number of hydrogen-bond acceptors (Lipinski definition) is 2. The van der Waals surface area contributed by atoms with Gasteiger partial charge in [0.1, 0.15) is 0 Å². The Kier molecular flexibility index (Phi) is 4.17. The van der Waals surface area contributed by atoms with Gasteiger partial charge in [0.15, 0.2) is 0 Å². The lowest BCUT2D eigenvalue weighted by Crippen LogP contribution is -2.49. The highest BCUT2D eigenvalue weighted by atomic mass is 16.2. The number of carbonyl (C=O) groups is 2. The van der Waals surface area contributed by atoms with Gasteiger partial charge in [-0.1, -0.05) is 18.9 Å². The van der Waals surface area contributed by atoms with E-state index in [1.54, 1.807) is 4.90 Å². The number of rotatable bonds is 2. The first-order valence-corrected chi connectivity index (χ1v) is 9.20. The Labute approximate surface area is 143 Å². The van der Waals surface area contributed by atoms with E-state index in [2.05, 4.69) is 10.2 Å². The average molecular weight is 327 g/mol. The van der Waals surface area contributed by atoms with Crippen molar-refractivity contribution in [2.24, 2.45) is 5.92 Å². The van der Waals surface area contributed by atoms with E-state index in [9.17, 15) is 9.59 Å². The van der Waals surface area contributed by atoms with Crippen LogP contribution in [-0.4, -0.2) is 42.5 Å². The summed E-state index contributed by atoms with van der Waals surface area (Å²) in [4.78, 5) is 28.8. The Hall–Kier alpha value is -2.04. The summed E-state index contributed by atoms with van der Waals surface area (Å²) < 4.78 is 0. The quantitative estimate of drug-likeness (QED) is 0.908. The third kappa shape index (κ3) is 2.76. The number of likely N-dealkylation sites (tertiary alicyclic amines) is 1. The van der Waals surface area contributed by atoms with Crippen LogP contribution in [0.2, 0.25) is 0 Å². The van der Waals surface area contributed by atoms with Crippen molar-refractivity contribution >= 4 is 17.6 Å². The molecule has 1 aliphatic carbocycles. The van der Waals surface area contributed by atoms with Gasteiger partial charge in [0.2, 0.25) is 0 Å². The predicted molar refractivity (Wildman–Crippen MR) is 93.2 cm³/mol.